The van der Waals surface area contributed by atoms with Gasteiger partial charge in [-0.15, -0.1) is 0 Å². The van der Waals surface area contributed by atoms with Crippen molar-refractivity contribution in [3.8, 4) is 0 Å². The monoisotopic (exact) mass is 1960 g/mol. The number of likely N-dealkylation sites (N-methyl/N-ethyl adjacent to an activating group) is 3. The third-order valence-electron chi connectivity index (χ3n) is 38.2. The zero-order chi connectivity index (χ0) is 93.0. The van der Waals surface area contributed by atoms with Gasteiger partial charge in [-0.25, -0.2) is 0 Å². The first-order valence-corrected chi connectivity index (χ1v) is 57.7. The van der Waals surface area contributed by atoms with Gasteiger partial charge in [0.05, 0.1) is 62.0 Å². The molecule has 31 atom stereocenters. The summed E-state index contributed by atoms with van der Waals surface area (Å²) < 4.78 is 59.7. The summed E-state index contributed by atoms with van der Waals surface area (Å²) >= 11 is 0.0242. The number of fused-ring (bicyclic) bond motifs is 11. The molecule has 131 heavy (non-hydrogen) atoms. The number of alkyl halides is 1. The van der Waals surface area contributed by atoms with E-state index in [4.69, 9.17) is 50.4 Å². The van der Waals surface area contributed by atoms with Crippen LogP contribution in [0.2, 0.25) is 0 Å². The molecule has 0 amide bonds. The summed E-state index contributed by atoms with van der Waals surface area (Å²) in [4.78, 5) is 29.7. The van der Waals surface area contributed by atoms with Crippen molar-refractivity contribution in [3.05, 3.63) is 0 Å². The second-order valence-electron chi connectivity index (χ2n) is 46.3. The van der Waals surface area contributed by atoms with E-state index in [0.29, 0.717) is 54.9 Å². The normalized spacial score (nSPS) is 41.8. The van der Waals surface area contributed by atoms with Crippen LogP contribution in [-0.4, -0.2) is 416 Å². The number of piperidine rings is 8. The van der Waals surface area contributed by atoms with Crippen molar-refractivity contribution < 1.29 is 72.1 Å². The second-order valence-corrected chi connectivity index (χ2v) is 47.7. The molecule has 9 unspecified atom stereocenters. The van der Waals surface area contributed by atoms with Crippen LogP contribution in [-0.2, 0) is 50.4 Å². The molecule has 0 aromatic heterocycles. The summed E-state index contributed by atoms with van der Waals surface area (Å²) in [7, 11) is 38.6. The molecule has 11 aliphatic carbocycles. The van der Waals surface area contributed by atoms with Crippen LogP contribution in [0.15, 0.2) is 0 Å². The molecular weight excluding hydrogens is 1750 g/mol. The van der Waals surface area contributed by atoms with Gasteiger partial charge in [0, 0.05) is 173 Å². The molecule has 22 nitrogen and oxygen atoms in total. The van der Waals surface area contributed by atoms with Crippen molar-refractivity contribution in [1.82, 2.24) is 53.9 Å². The molecule has 0 bridgehead atoms. The molecule has 0 N–H and O–H groups in total. The Morgan fingerprint density at radius 3 is 1.44 bits per heavy atom. The van der Waals surface area contributed by atoms with Crippen LogP contribution in [0.25, 0.3) is 0 Å². The van der Waals surface area contributed by atoms with Crippen LogP contribution in [0.3, 0.4) is 0 Å². The molecule has 22 aliphatic rings. The van der Waals surface area contributed by atoms with Crippen molar-refractivity contribution >= 4 is 0 Å². The van der Waals surface area contributed by atoms with Gasteiger partial charge in [-0.05, 0) is 384 Å². The number of halogens is 1. The SMILES string of the molecule is COC1CC[C@@H]2CCCN(C)[C@H]12.COC1CC[C@@H]2CCN(C)C[C@H]12.COC1CC[C@H]2CCN(C)[C@H]2C1.COC1CC[C@H]2CN(C)C[C@H]2C1.COC1CC[C@H]2[C@H](CCN2C)C1.COC1CN(C)C[C@@H]2CCC[C@H]12.COC1C[C@@H]2CCN(C)C[C@@H]2C1.COC1C[C@H]2CCC[C@H]2N(C)C1.COCCN1CCC[C@H]2C[C@H]21.COCCN1CC[C@H]2C[C@H]2C1.C[I-]OC1CCN(C)[C@@H]2CCC[C@H]12. The maximum absolute atomic E-state index is 5.93. The Morgan fingerprint density at radius 2 is 0.718 bits per heavy atom. The van der Waals surface area contributed by atoms with Crippen LogP contribution in [0.1, 0.15) is 238 Å². The van der Waals surface area contributed by atoms with Gasteiger partial charge in [-0.2, -0.15) is 0 Å². The zero-order valence-electron chi connectivity index (χ0n) is 88.0. The van der Waals surface area contributed by atoms with E-state index in [-0.39, 0.29) is 21.6 Å². The van der Waals surface area contributed by atoms with Crippen molar-refractivity contribution in [2.45, 2.75) is 329 Å². The van der Waals surface area contributed by atoms with Gasteiger partial charge in [0.1, 0.15) is 0 Å². The third-order valence-corrected chi connectivity index (χ3v) is 39.3. The average molecular weight is 1960 g/mol. The molecule has 11 heterocycles. The number of nitrogens with zero attached hydrogens (tertiary/aromatic N) is 11. The Bertz CT molecular complexity index is 3060. The van der Waals surface area contributed by atoms with Crippen LogP contribution < -0.4 is 21.6 Å². The number of methoxy groups -OCH3 is 10. The molecule has 11 saturated carbocycles. The zero-order valence-corrected chi connectivity index (χ0v) is 90.1. The number of hydrogen-bond acceptors (Lipinski definition) is 22. The summed E-state index contributed by atoms with van der Waals surface area (Å²) in [6.45, 7) is 24.5. The fourth-order valence-electron chi connectivity index (χ4n) is 30.2. The Morgan fingerprint density at radius 1 is 0.237 bits per heavy atom. The predicted octanol–water partition coefficient (Wildman–Crippen LogP) is 12.1. The van der Waals surface area contributed by atoms with Crippen LogP contribution in [0.5, 0.6) is 0 Å². The molecule has 0 aromatic carbocycles. The van der Waals surface area contributed by atoms with E-state index in [9.17, 15) is 0 Å². The topological polar surface area (TPSA) is 137 Å². The van der Waals surface area contributed by atoms with Crippen molar-refractivity contribution in [2.24, 2.45) is 94.7 Å². The first-order valence-electron chi connectivity index (χ1n) is 54.7. The van der Waals surface area contributed by atoms with E-state index in [1.165, 1.54) is 329 Å². The Hall–Kier alpha value is -0.150. The second kappa shape index (κ2) is 56.8. The summed E-state index contributed by atoms with van der Waals surface area (Å²) in [5.41, 5.74) is 0. The molecule has 22 fully saturated rings. The summed E-state index contributed by atoms with van der Waals surface area (Å²) in [5.74, 6) is 15.2. The van der Waals surface area contributed by atoms with Gasteiger partial charge in [0.25, 0.3) is 0 Å². The number of ether oxygens (including phenoxy) is 10. The van der Waals surface area contributed by atoms with Gasteiger partial charge in [0.15, 0.2) is 0 Å². The van der Waals surface area contributed by atoms with Crippen molar-refractivity contribution in [3.63, 3.8) is 0 Å². The van der Waals surface area contributed by atoms with E-state index >= 15 is 0 Å². The van der Waals surface area contributed by atoms with Gasteiger partial charge in [0.2, 0.25) is 0 Å². The van der Waals surface area contributed by atoms with E-state index < -0.39 is 0 Å². The predicted molar refractivity (Wildman–Crippen MR) is 531 cm³/mol. The fraction of sp³-hybridized carbons (Fsp3) is 1.00. The minimum atomic E-state index is 0.0242. The van der Waals surface area contributed by atoms with Crippen molar-refractivity contribution in [2.75, 3.05) is 270 Å². The maximum atomic E-state index is 5.93. The molecule has 11 aliphatic heterocycles. The molecule has 0 radical (unpaired) electrons. The van der Waals surface area contributed by atoms with Crippen LogP contribution >= 0.6 is 0 Å². The third kappa shape index (κ3) is 32.4. The molecule has 0 aromatic rings. The molecule has 23 heteroatoms. The number of hydrogen-bond donors (Lipinski definition) is 0. The van der Waals surface area contributed by atoms with Crippen LogP contribution in [0.4, 0.5) is 0 Å². The van der Waals surface area contributed by atoms with E-state index in [0.717, 1.165) is 170 Å². The van der Waals surface area contributed by atoms with E-state index in [1.54, 1.807) is 14.2 Å². The number of likely N-dealkylation sites (tertiary alicyclic amines) is 11. The van der Waals surface area contributed by atoms with Crippen molar-refractivity contribution in [1.29, 1.82) is 0 Å². The van der Waals surface area contributed by atoms with Gasteiger partial charge in [-0.3, -0.25) is 4.90 Å². The Balaban J connectivity index is 0.000000130. The molecule has 0 spiro atoms. The minimum absolute atomic E-state index is 0.0242. The quantitative estimate of drug-likeness (QED) is 0.107. The Labute approximate surface area is 814 Å². The molecule has 22 rings (SSSR count). The van der Waals surface area contributed by atoms with Crippen LogP contribution in [0, 0.1) is 94.7 Å². The van der Waals surface area contributed by atoms with Gasteiger partial charge >= 0.3 is 91.9 Å². The first kappa shape index (κ1) is 110. The Kier molecular flexibility index (Phi) is 47.5. The van der Waals surface area contributed by atoms with E-state index in [1.807, 2.05) is 56.9 Å². The summed E-state index contributed by atoms with van der Waals surface area (Å²) in [6, 6.07) is 5.08. The van der Waals surface area contributed by atoms with Gasteiger partial charge < -0.3 is 91.5 Å². The summed E-state index contributed by atoms with van der Waals surface area (Å²) in [6.07, 6.45) is 55.6. The fourth-order valence-corrected chi connectivity index (χ4v) is 31.5. The number of rotatable bonds is 16. The van der Waals surface area contributed by atoms with E-state index in [2.05, 4.69) is 122 Å². The molecular formula is C108H205IN11O11-. The summed E-state index contributed by atoms with van der Waals surface area (Å²) in [5, 5.41) is 0. The molecule has 766 valence electrons. The first-order chi connectivity index (χ1) is 63.6. The van der Waals surface area contributed by atoms with Gasteiger partial charge in [-0.1, -0.05) is 12.8 Å². The standard InChI is InChI=1S/C10H19INO.8C10H19NO.2C9H17NO/c1-11-13-10-6-7-12(2)9-5-3-4-8(9)10;1-11-6-8-3-4-10(12-2)5-9(8)7-11;1-11-4-3-8-5-10(12-2)6-9(8)7-11;1-11-6-5-8-7-9(12-2)3-4-10(8)11;1-11-6-5-8-3-4-10(12-2)9(8)7-11;1-11-6-5-8-3-4-9(12-2)7-10(8)11;1-11-7-3-4-8-5-6-9(12-2)10(8)11;1-11-7-9(12-2)6-8-4-3-5-10(8)11;1-11-6-8-4-3-5-9(8)10(7-11)12-2;1-11-5-4-10-3-2-8-6-9(8)7-10;1-11-6-5-10-4-2-3-8-7-9(8)10/h8-10H,3-7H2,1-2H3;8*8-10H,3-7H2,1-2H3;2*8-9H,2-7H2,1H3/q-1;;;;;;;;;;/t2*8-,9+,10?;8-,9-,10?;8-,9?,10+;8-,9+,10?;3*8-,9?,10-;8-,9-,10?;8-,9-;8-,9+/m00011001000/s1. The average Bonchev–Trinajstić information content (AvgIpc) is 1.62. The molecule has 11 saturated heterocycles.